The number of carbonyl (C=O) groups is 1. The van der Waals surface area contributed by atoms with Gasteiger partial charge in [-0.05, 0) is 30.5 Å². The van der Waals surface area contributed by atoms with Crippen molar-refractivity contribution >= 4 is 16.9 Å². The van der Waals surface area contributed by atoms with Crippen LogP contribution in [0.2, 0.25) is 0 Å². The summed E-state index contributed by atoms with van der Waals surface area (Å²) in [4.78, 5) is 19.4. The molecule has 0 radical (unpaired) electrons. The van der Waals surface area contributed by atoms with Gasteiger partial charge in [-0.2, -0.15) is 5.10 Å². The molecule has 1 aromatic carbocycles. The lowest BCUT2D eigenvalue weighted by Gasteiger charge is -2.28. The van der Waals surface area contributed by atoms with Crippen LogP contribution in [0.1, 0.15) is 48.1 Å². The number of rotatable bonds is 6. The van der Waals surface area contributed by atoms with Gasteiger partial charge in [0.1, 0.15) is 0 Å². The van der Waals surface area contributed by atoms with E-state index in [1.807, 2.05) is 29.9 Å². The number of pyridine rings is 1. The Hall–Kier alpha value is -2.73. The van der Waals surface area contributed by atoms with Gasteiger partial charge in [0.2, 0.25) is 0 Å². The minimum absolute atomic E-state index is 0.317. The standard InChI is InChI=1S/C23H28N4O2/c1-4-29-23(28)22-19-15-26(12-10-21(19)27(25-22)13-16(2)3)14-17-9-11-24-20-8-6-5-7-18(17)20/h5-9,11,16H,4,10,12-15H2,1-3H3. The highest BCUT2D eigenvalue weighted by Crippen LogP contribution is 2.27. The minimum atomic E-state index is -0.317. The monoisotopic (exact) mass is 392 g/mol. The third-order valence-corrected chi connectivity index (χ3v) is 5.35. The Labute approximate surface area is 171 Å². The molecule has 0 atom stereocenters. The maximum atomic E-state index is 12.5. The van der Waals surface area contributed by atoms with Gasteiger partial charge in [0.05, 0.1) is 12.1 Å². The number of hydrogen-bond acceptors (Lipinski definition) is 5. The zero-order chi connectivity index (χ0) is 20.4. The molecular weight excluding hydrogens is 364 g/mol. The molecule has 4 rings (SSSR count). The third kappa shape index (κ3) is 4.03. The van der Waals surface area contributed by atoms with Crippen molar-refractivity contribution in [2.45, 2.75) is 46.8 Å². The van der Waals surface area contributed by atoms with Gasteiger partial charge in [0.25, 0.3) is 0 Å². The van der Waals surface area contributed by atoms with E-state index in [1.165, 1.54) is 16.6 Å². The lowest BCUT2D eigenvalue weighted by Crippen LogP contribution is -2.31. The molecule has 0 N–H and O–H groups in total. The fraction of sp³-hybridized carbons (Fsp3) is 0.435. The molecule has 0 bridgehead atoms. The molecule has 6 nitrogen and oxygen atoms in total. The number of nitrogens with zero attached hydrogens (tertiary/aromatic N) is 4. The van der Waals surface area contributed by atoms with E-state index in [9.17, 15) is 4.79 Å². The first kappa shape index (κ1) is 19.6. The van der Waals surface area contributed by atoms with Crippen LogP contribution in [-0.4, -0.2) is 38.8 Å². The molecule has 2 aromatic heterocycles. The summed E-state index contributed by atoms with van der Waals surface area (Å²) in [5, 5.41) is 5.83. The molecule has 0 saturated carbocycles. The summed E-state index contributed by atoms with van der Waals surface area (Å²) in [5.74, 6) is 0.151. The molecule has 29 heavy (non-hydrogen) atoms. The number of para-hydroxylation sites is 1. The van der Waals surface area contributed by atoms with E-state index in [-0.39, 0.29) is 5.97 Å². The lowest BCUT2D eigenvalue weighted by atomic mass is 10.0. The van der Waals surface area contributed by atoms with Crippen LogP contribution in [0, 0.1) is 5.92 Å². The molecule has 3 heterocycles. The Balaban J connectivity index is 1.63. The topological polar surface area (TPSA) is 60.2 Å². The van der Waals surface area contributed by atoms with Crippen LogP contribution in [0.5, 0.6) is 0 Å². The SMILES string of the molecule is CCOC(=O)c1nn(CC(C)C)c2c1CN(Cc1ccnc3ccccc13)CC2. The van der Waals surface area contributed by atoms with Gasteiger partial charge in [-0.3, -0.25) is 14.6 Å². The summed E-state index contributed by atoms with van der Waals surface area (Å²) in [6.07, 6.45) is 2.76. The van der Waals surface area contributed by atoms with Crippen LogP contribution >= 0.6 is 0 Å². The fourth-order valence-electron chi connectivity index (χ4n) is 4.08. The van der Waals surface area contributed by atoms with Gasteiger partial charge in [-0.1, -0.05) is 32.0 Å². The number of carbonyl (C=O) groups excluding carboxylic acids is 1. The second-order valence-corrected chi connectivity index (χ2v) is 8.02. The van der Waals surface area contributed by atoms with E-state index in [2.05, 4.69) is 47.0 Å². The van der Waals surface area contributed by atoms with Gasteiger partial charge < -0.3 is 4.74 Å². The van der Waals surface area contributed by atoms with E-state index >= 15 is 0 Å². The highest BCUT2D eigenvalue weighted by molar-refractivity contribution is 5.89. The van der Waals surface area contributed by atoms with Crippen molar-refractivity contribution in [3.63, 3.8) is 0 Å². The Morgan fingerprint density at radius 2 is 2.07 bits per heavy atom. The molecule has 0 saturated heterocycles. The van der Waals surface area contributed by atoms with Gasteiger partial charge in [0, 0.05) is 55.4 Å². The third-order valence-electron chi connectivity index (χ3n) is 5.35. The van der Waals surface area contributed by atoms with Crippen molar-refractivity contribution < 1.29 is 9.53 Å². The number of aromatic nitrogens is 3. The molecule has 0 unspecified atom stereocenters. The normalized spacial score (nSPS) is 14.3. The Morgan fingerprint density at radius 3 is 2.86 bits per heavy atom. The van der Waals surface area contributed by atoms with Crippen molar-refractivity contribution in [1.29, 1.82) is 0 Å². The predicted molar refractivity (Wildman–Crippen MR) is 113 cm³/mol. The summed E-state index contributed by atoms with van der Waals surface area (Å²) in [6, 6.07) is 10.3. The molecule has 3 aromatic rings. The number of hydrogen-bond donors (Lipinski definition) is 0. The molecule has 0 amide bonds. The zero-order valence-electron chi connectivity index (χ0n) is 17.4. The number of benzene rings is 1. The van der Waals surface area contributed by atoms with Crippen molar-refractivity contribution in [2.75, 3.05) is 13.2 Å². The van der Waals surface area contributed by atoms with Crippen molar-refractivity contribution in [3.05, 3.63) is 59.0 Å². The van der Waals surface area contributed by atoms with Gasteiger partial charge in [-0.15, -0.1) is 0 Å². The van der Waals surface area contributed by atoms with Crippen LogP contribution in [0.25, 0.3) is 10.9 Å². The average Bonchev–Trinajstić information content (AvgIpc) is 3.06. The maximum absolute atomic E-state index is 12.5. The first-order chi connectivity index (χ1) is 14.1. The summed E-state index contributed by atoms with van der Waals surface area (Å²) in [5.41, 5.74) is 4.95. The van der Waals surface area contributed by atoms with Crippen LogP contribution < -0.4 is 0 Å². The van der Waals surface area contributed by atoms with E-state index in [0.717, 1.165) is 37.1 Å². The highest BCUT2D eigenvalue weighted by Gasteiger charge is 2.29. The Morgan fingerprint density at radius 1 is 1.24 bits per heavy atom. The van der Waals surface area contributed by atoms with Gasteiger partial charge in [0.15, 0.2) is 5.69 Å². The van der Waals surface area contributed by atoms with E-state index < -0.39 is 0 Å². The van der Waals surface area contributed by atoms with Crippen molar-refractivity contribution in [2.24, 2.45) is 5.92 Å². The smallest absolute Gasteiger partial charge is 0.359 e. The second kappa shape index (κ2) is 8.33. The van der Waals surface area contributed by atoms with Gasteiger partial charge in [-0.25, -0.2) is 4.79 Å². The summed E-state index contributed by atoms with van der Waals surface area (Å²) < 4.78 is 7.30. The fourth-order valence-corrected chi connectivity index (χ4v) is 4.08. The molecule has 0 fully saturated rings. The first-order valence-electron chi connectivity index (χ1n) is 10.4. The van der Waals surface area contributed by atoms with E-state index in [1.54, 1.807) is 0 Å². The molecular formula is C23H28N4O2. The minimum Gasteiger partial charge on any atom is -0.461 e. The Kier molecular flexibility index (Phi) is 5.62. The summed E-state index contributed by atoms with van der Waals surface area (Å²) in [6.45, 7) is 9.81. The predicted octanol–water partition coefficient (Wildman–Crippen LogP) is 3.82. The quantitative estimate of drug-likeness (QED) is 0.597. The first-order valence-corrected chi connectivity index (χ1v) is 10.4. The number of esters is 1. The second-order valence-electron chi connectivity index (χ2n) is 8.02. The van der Waals surface area contributed by atoms with Crippen LogP contribution in [0.15, 0.2) is 36.5 Å². The molecule has 6 heteroatoms. The molecule has 0 aliphatic carbocycles. The van der Waals surface area contributed by atoms with Crippen LogP contribution in [0.4, 0.5) is 0 Å². The largest absolute Gasteiger partial charge is 0.461 e. The van der Waals surface area contributed by atoms with Crippen LogP contribution in [0.3, 0.4) is 0 Å². The number of fused-ring (bicyclic) bond motifs is 2. The highest BCUT2D eigenvalue weighted by atomic mass is 16.5. The molecule has 1 aliphatic heterocycles. The number of ether oxygens (including phenoxy) is 1. The van der Waals surface area contributed by atoms with E-state index in [4.69, 9.17) is 4.74 Å². The lowest BCUT2D eigenvalue weighted by molar-refractivity contribution is 0.0515. The van der Waals surface area contributed by atoms with Gasteiger partial charge >= 0.3 is 5.97 Å². The maximum Gasteiger partial charge on any atom is 0.359 e. The average molecular weight is 393 g/mol. The Bertz CT molecular complexity index is 1020. The van der Waals surface area contributed by atoms with E-state index in [0.29, 0.717) is 24.8 Å². The molecule has 152 valence electrons. The van der Waals surface area contributed by atoms with Crippen LogP contribution in [-0.2, 0) is 30.8 Å². The molecule has 1 aliphatic rings. The van der Waals surface area contributed by atoms with Crippen molar-refractivity contribution in [1.82, 2.24) is 19.7 Å². The zero-order valence-corrected chi connectivity index (χ0v) is 17.4. The summed E-state index contributed by atoms with van der Waals surface area (Å²) >= 11 is 0. The van der Waals surface area contributed by atoms with Crippen molar-refractivity contribution in [3.8, 4) is 0 Å². The summed E-state index contributed by atoms with van der Waals surface area (Å²) in [7, 11) is 0. The molecule has 0 spiro atoms.